The van der Waals surface area contributed by atoms with Crippen LogP contribution < -0.4 is 14.4 Å². The molecule has 220 valence electrons. The Labute approximate surface area is 244 Å². The summed E-state index contributed by atoms with van der Waals surface area (Å²) < 4.78 is 35.0. The molecule has 0 fully saturated rings. The molecule has 0 radical (unpaired) electrons. The minimum absolute atomic E-state index is 0.0474. The molecule has 3 rings (SSSR count). The van der Waals surface area contributed by atoms with Crippen molar-refractivity contribution in [1.82, 2.24) is 10.2 Å². The van der Waals surface area contributed by atoms with Crippen molar-refractivity contribution in [2.24, 2.45) is 0 Å². The molecular weight excluding hydrogens is 538 g/mol. The molecule has 0 aliphatic heterocycles. The zero-order chi connectivity index (χ0) is 30.4. The molecule has 3 aromatic carbocycles. The second kappa shape index (κ2) is 13.2. The number of amides is 2. The summed E-state index contributed by atoms with van der Waals surface area (Å²) >= 11 is 0. The third-order valence-electron chi connectivity index (χ3n) is 6.59. The topological polar surface area (TPSA) is 96.0 Å². The van der Waals surface area contributed by atoms with Crippen LogP contribution in [0.1, 0.15) is 51.3 Å². The lowest BCUT2D eigenvalue weighted by molar-refractivity contribution is -0.140. The standard InChI is InChI=1S/C32H41N3O5S/c1-8-40-29-16-12-11-15-28(29)35(41(38,39)27-19-17-23(2)18-20-27)22-30(36)34(21-26-14-10-9-13-24(26)3)25(4)31(37)33-32(5,6)7/h9-20,25H,8,21-22H2,1-7H3,(H,33,37)/t25-/m1/s1. The first-order valence-electron chi connectivity index (χ1n) is 13.7. The Kier molecular flexibility index (Phi) is 10.2. The lowest BCUT2D eigenvalue weighted by Gasteiger charge is -2.34. The number of nitrogens with one attached hydrogen (secondary N) is 1. The van der Waals surface area contributed by atoms with E-state index in [2.05, 4.69) is 5.32 Å². The number of rotatable bonds is 11. The van der Waals surface area contributed by atoms with Crippen molar-refractivity contribution in [2.75, 3.05) is 17.5 Å². The van der Waals surface area contributed by atoms with Crippen LogP contribution in [0.2, 0.25) is 0 Å². The van der Waals surface area contributed by atoms with Gasteiger partial charge in [-0.1, -0.05) is 54.1 Å². The largest absolute Gasteiger partial charge is 0.492 e. The molecule has 0 spiro atoms. The smallest absolute Gasteiger partial charge is 0.264 e. The van der Waals surface area contributed by atoms with Gasteiger partial charge in [0.25, 0.3) is 10.0 Å². The van der Waals surface area contributed by atoms with Gasteiger partial charge in [0.05, 0.1) is 17.2 Å². The first-order valence-corrected chi connectivity index (χ1v) is 15.2. The third kappa shape index (κ3) is 8.10. The van der Waals surface area contributed by atoms with Crippen molar-refractivity contribution < 1.29 is 22.7 Å². The predicted octanol–water partition coefficient (Wildman–Crippen LogP) is 5.23. The molecule has 0 saturated carbocycles. The minimum atomic E-state index is -4.19. The van der Waals surface area contributed by atoms with Crippen LogP contribution in [-0.2, 0) is 26.2 Å². The van der Waals surface area contributed by atoms with Gasteiger partial charge in [-0.15, -0.1) is 0 Å². The van der Waals surface area contributed by atoms with E-state index in [0.717, 1.165) is 21.0 Å². The number of sulfonamides is 1. The zero-order valence-electron chi connectivity index (χ0n) is 25.0. The molecule has 0 heterocycles. The maximum absolute atomic E-state index is 14.2. The molecule has 2 amide bonds. The normalized spacial score (nSPS) is 12.4. The Morgan fingerprint density at radius 1 is 0.927 bits per heavy atom. The maximum Gasteiger partial charge on any atom is 0.264 e. The van der Waals surface area contributed by atoms with Crippen molar-refractivity contribution in [1.29, 1.82) is 0 Å². The van der Waals surface area contributed by atoms with E-state index in [1.807, 2.05) is 58.9 Å². The highest BCUT2D eigenvalue weighted by molar-refractivity contribution is 7.92. The minimum Gasteiger partial charge on any atom is -0.492 e. The fourth-order valence-electron chi connectivity index (χ4n) is 4.32. The monoisotopic (exact) mass is 579 g/mol. The lowest BCUT2D eigenvalue weighted by atomic mass is 10.1. The molecule has 0 aliphatic rings. The number of ether oxygens (including phenoxy) is 1. The van der Waals surface area contributed by atoms with Gasteiger partial charge in [0.1, 0.15) is 18.3 Å². The van der Waals surface area contributed by atoms with Crippen LogP contribution in [0.3, 0.4) is 0 Å². The SMILES string of the molecule is CCOc1ccccc1N(CC(=O)N(Cc1ccccc1C)[C@H](C)C(=O)NC(C)(C)C)S(=O)(=O)c1ccc(C)cc1. The van der Waals surface area contributed by atoms with E-state index in [-0.39, 0.29) is 23.0 Å². The van der Waals surface area contributed by atoms with Crippen LogP contribution in [0, 0.1) is 13.8 Å². The van der Waals surface area contributed by atoms with Gasteiger partial charge < -0.3 is 15.0 Å². The van der Waals surface area contributed by atoms with Gasteiger partial charge in [-0.05, 0) is 83.9 Å². The summed E-state index contributed by atoms with van der Waals surface area (Å²) in [4.78, 5) is 28.9. The van der Waals surface area contributed by atoms with Gasteiger partial charge >= 0.3 is 0 Å². The summed E-state index contributed by atoms with van der Waals surface area (Å²) in [6.07, 6.45) is 0. The second-order valence-corrected chi connectivity index (χ2v) is 13.0. The van der Waals surface area contributed by atoms with E-state index in [4.69, 9.17) is 4.74 Å². The third-order valence-corrected chi connectivity index (χ3v) is 8.36. The van der Waals surface area contributed by atoms with Gasteiger partial charge in [0, 0.05) is 12.1 Å². The van der Waals surface area contributed by atoms with Crippen molar-refractivity contribution in [2.45, 2.75) is 71.5 Å². The van der Waals surface area contributed by atoms with E-state index < -0.39 is 34.1 Å². The number of benzene rings is 3. The molecule has 3 aromatic rings. The number of carbonyl (C=O) groups is 2. The summed E-state index contributed by atoms with van der Waals surface area (Å²) in [7, 11) is -4.19. The second-order valence-electron chi connectivity index (χ2n) is 11.1. The quantitative estimate of drug-likeness (QED) is 0.336. The van der Waals surface area contributed by atoms with Crippen LogP contribution >= 0.6 is 0 Å². The molecule has 1 N–H and O–H groups in total. The number of aryl methyl sites for hydroxylation is 2. The Bertz CT molecular complexity index is 1460. The summed E-state index contributed by atoms with van der Waals surface area (Å²) in [6, 6.07) is 19.9. The van der Waals surface area contributed by atoms with Crippen LogP contribution in [0.25, 0.3) is 0 Å². The fourth-order valence-corrected chi connectivity index (χ4v) is 5.74. The summed E-state index contributed by atoms with van der Waals surface area (Å²) in [5.74, 6) is -0.517. The Balaban J connectivity index is 2.10. The first-order chi connectivity index (χ1) is 19.2. The molecule has 0 saturated heterocycles. The van der Waals surface area contributed by atoms with Crippen LogP contribution in [0.4, 0.5) is 5.69 Å². The molecule has 0 unspecified atom stereocenters. The Morgan fingerprint density at radius 2 is 1.54 bits per heavy atom. The van der Waals surface area contributed by atoms with Crippen molar-refractivity contribution in [3.63, 3.8) is 0 Å². The van der Waals surface area contributed by atoms with E-state index in [9.17, 15) is 18.0 Å². The number of carbonyl (C=O) groups excluding carboxylic acids is 2. The van der Waals surface area contributed by atoms with Crippen LogP contribution in [0.5, 0.6) is 5.75 Å². The van der Waals surface area contributed by atoms with Crippen molar-refractivity contribution >= 4 is 27.5 Å². The number of hydrogen-bond donors (Lipinski definition) is 1. The number of para-hydroxylation sites is 2. The Morgan fingerprint density at radius 3 is 2.15 bits per heavy atom. The van der Waals surface area contributed by atoms with Crippen LogP contribution in [-0.4, -0.2) is 49.9 Å². The number of anilines is 1. The van der Waals surface area contributed by atoms with Gasteiger partial charge in [-0.3, -0.25) is 13.9 Å². The molecule has 0 aliphatic carbocycles. The zero-order valence-corrected chi connectivity index (χ0v) is 25.8. The number of nitrogens with zero attached hydrogens (tertiary/aromatic N) is 2. The average molecular weight is 580 g/mol. The molecule has 0 aromatic heterocycles. The van der Waals surface area contributed by atoms with Gasteiger partial charge in [0.2, 0.25) is 11.8 Å². The van der Waals surface area contributed by atoms with E-state index in [0.29, 0.717) is 12.4 Å². The molecular formula is C32H41N3O5S. The number of hydrogen-bond acceptors (Lipinski definition) is 5. The predicted molar refractivity (Wildman–Crippen MR) is 162 cm³/mol. The van der Waals surface area contributed by atoms with Gasteiger partial charge in [-0.25, -0.2) is 8.42 Å². The maximum atomic E-state index is 14.2. The summed E-state index contributed by atoms with van der Waals surface area (Å²) in [5, 5.41) is 2.94. The molecule has 41 heavy (non-hydrogen) atoms. The first kappa shape index (κ1) is 31.7. The van der Waals surface area contributed by atoms with Crippen molar-refractivity contribution in [3.05, 3.63) is 89.5 Å². The van der Waals surface area contributed by atoms with Crippen molar-refractivity contribution in [3.8, 4) is 5.75 Å². The molecule has 0 bridgehead atoms. The highest BCUT2D eigenvalue weighted by atomic mass is 32.2. The molecule has 1 atom stereocenters. The fraction of sp³-hybridized carbons (Fsp3) is 0.375. The highest BCUT2D eigenvalue weighted by Crippen LogP contribution is 2.33. The highest BCUT2D eigenvalue weighted by Gasteiger charge is 2.34. The van der Waals surface area contributed by atoms with Gasteiger partial charge in [-0.2, -0.15) is 0 Å². The average Bonchev–Trinajstić information content (AvgIpc) is 2.90. The Hall–Kier alpha value is -3.85. The molecule has 9 heteroatoms. The van der Waals surface area contributed by atoms with E-state index in [1.165, 1.54) is 17.0 Å². The molecule has 8 nitrogen and oxygen atoms in total. The summed E-state index contributed by atoms with van der Waals surface area (Å²) in [5.41, 5.74) is 2.45. The van der Waals surface area contributed by atoms with E-state index >= 15 is 0 Å². The lowest BCUT2D eigenvalue weighted by Crippen LogP contribution is -2.54. The van der Waals surface area contributed by atoms with Crippen LogP contribution in [0.15, 0.2) is 77.7 Å². The van der Waals surface area contributed by atoms with E-state index in [1.54, 1.807) is 50.2 Å². The summed E-state index contributed by atoms with van der Waals surface area (Å²) in [6.45, 7) is 12.8. The van der Waals surface area contributed by atoms with Gasteiger partial charge in [0.15, 0.2) is 0 Å².